The van der Waals surface area contributed by atoms with E-state index < -0.39 is 11.4 Å². The van der Waals surface area contributed by atoms with Gasteiger partial charge in [-0.3, -0.25) is 9.59 Å². The molecule has 0 aliphatic carbocycles. The van der Waals surface area contributed by atoms with Gasteiger partial charge in [0.1, 0.15) is 11.2 Å². The molecule has 0 spiro atoms. The summed E-state index contributed by atoms with van der Waals surface area (Å²) in [7, 11) is 0. The van der Waals surface area contributed by atoms with Gasteiger partial charge in [0.25, 0.3) is 0 Å². The first-order valence-electron chi connectivity index (χ1n) is 9.59. The van der Waals surface area contributed by atoms with Crippen LogP contribution in [0.5, 0.6) is 0 Å². The van der Waals surface area contributed by atoms with Crippen molar-refractivity contribution < 1.29 is 14.3 Å². The number of Topliss-reactive ketones (excluding diaryl/α,β-unsaturated/α-hetero) is 1. The largest absolute Gasteiger partial charge is 0.462 e. The Bertz CT molecular complexity index is 766. The average Bonchev–Trinajstić information content (AvgIpc) is 2.67. The summed E-state index contributed by atoms with van der Waals surface area (Å²) in [5.41, 5.74) is 0.829. The van der Waals surface area contributed by atoms with E-state index in [0.29, 0.717) is 12.8 Å². The lowest BCUT2D eigenvalue weighted by Gasteiger charge is -2.28. The zero-order valence-electron chi connectivity index (χ0n) is 16.8. The van der Waals surface area contributed by atoms with Gasteiger partial charge in [-0.05, 0) is 44.7 Å². The molecule has 0 aromatic heterocycles. The third-order valence-electron chi connectivity index (χ3n) is 4.56. The summed E-state index contributed by atoms with van der Waals surface area (Å²) in [6, 6.07) is 19.6. The fourth-order valence-electron chi connectivity index (χ4n) is 2.93. The zero-order valence-corrected chi connectivity index (χ0v) is 16.8. The van der Waals surface area contributed by atoms with Crippen LogP contribution in [0, 0.1) is 5.41 Å². The van der Waals surface area contributed by atoms with Crippen molar-refractivity contribution in [2.75, 3.05) is 0 Å². The standard InChI is InChI=1S/C25H28O3/c1-20(2)28-24(27)25(21(3)26,18-10-16-22-12-6-4-7-13-22)19-11-17-23-14-8-5-9-15-23/h4-17,20H,18-19H2,1-3H3/b16-10+,17-11+. The lowest BCUT2D eigenvalue weighted by Crippen LogP contribution is -2.40. The molecular formula is C25H28O3. The van der Waals surface area contributed by atoms with Gasteiger partial charge in [0, 0.05) is 0 Å². The molecule has 0 saturated carbocycles. The summed E-state index contributed by atoms with van der Waals surface area (Å²) >= 11 is 0. The number of rotatable bonds is 9. The van der Waals surface area contributed by atoms with E-state index >= 15 is 0 Å². The van der Waals surface area contributed by atoms with Crippen molar-refractivity contribution in [1.82, 2.24) is 0 Å². The molecular weight excluding hydrogens is 348 g/mol. The Kier molecular flexibility index (Phi) is 7.94. The first-order valence-corrected chi connectivity index (χ1v) is 9.59. The lowest BCUT2D eigenvalue weighted by atomic mass is 9.77. The maximum absolute atomic E-state index is 12.9. The van der Waals surface area contributed by atoms with Crippen LogP contribution in [0.3, 0.4) is 0 Å². The van der Waals surface area contributed by atoms with Crippen LogP contribution < -0.4 is 0 Å². The fraction of sp³-hybridized carbons (Fsp3) is 0.280. The van der Waals surface area contributed by atoms with Gasteiger partial charge in [0.15, 0.2) is 0 Å². The maximum atomic E-state index is 12.9. The summed E-state index contributed by atoms with van der Waals surface area (Å²) in [4.78, 5) is 25.5. The maximum Gasteiger partial charge on any atom is 0.320 e. The van der Waals surface area contributed by atoms with Crippen LogP contribution in [0.15, 0.2) is 72.8 Å². The van der Waals surface area contributed by atoms with E-state index in [0.717, 1.165) is 11.1 Å². The highest BCUT2D eigenvalue weighted by Gasteiger charge is 2.43. The van der Waals surface area contributed by atoms with Crippen molar-refractivity contribution in [2.45, 2.75) is 39.7 Å². The predicted molar refractivity (Wildman–Crippen MR) is 115 cm³/mol. The van der Waals surface area contributed by atoms with E-state index in [1.54, 1.807) is 13.8 Å². The molecule has 2 rings (SSSR count). The summed E-state index contributed by atoms with van der Waals surface area (Å²) in [6.45, 7) is 5.05. The van der Waals surface area contributed by atoms with Crippen LogP contribution in [0.25, 0.3) is 12.2 Å². The molecule has 2 aromatic carbocycles. The minimum absolute atomic E-state index is 0.187. The molecule has 0 fully saturated rings. The Morgan fingerprint density at radius 2 is 1.29 bits per heavy atom. The van der Waals surface area contributed by atoms with Gasteiger partial charge in [0.05, 0.1) is 6.10 Å². The summed E-state index contributed by atoms with van der Waals surface area (Å²) in [5, 5.41) is 0. The van der Waals surface area contributed by atoms with E-state index in [1.807, 2.05) is 85.0 Å². The number of ketones is 1. The number of benzene rings is 2. The summed E-state index contributed by atoms with van der Waals surface area (Å²) in [6.07, 6.45) is 7.94. The van der Waals surface area contributed by atoms with Crippen LogP contribution in [0.1, 0.15) is 44.7 Å². The van der Waals surface area contributed by atoms with Gasteiger partial charge < -0.3 is 4.74 Å². The Morgan fingerprint density at radius 3 is 1.64 bits per heavy atom. The Labute approximate surface area is 167 Å². The number of allylic oxidation sites excluding steroid dienone is 2. The highest BCUT2D eigenvalue weighted by Crippen LogP contribution is 2.32. The second-order valence-corrected chi connectivity index (χ2v) is 7.13. The summed E-state index contributed by atoms with van der Waals surface area (Å²) in [5.74, 6) is -0.654. The molecule has 0 atom stereocenters. The molecule has 0 N–H and O–H groups in total. The van der Waals surface area contributed by atoms with Crippen molar-refractivity contribution in [3.63, 3.8) is 0 Å². The SMILES string of the molecule is CC(=O)C(C/C=C/c1ccccc1)(C/C=C/c1ccccc1)C(=O)OC(C)C. The highest BCUT2D eigenvalue weighted by atomic mass is 16.5. The molecule has 0 aliphatic rings. The molecule has 0 aliphatic heterocycles. The van der Waals surface area contributed by atoms with Crippen molar-refractivity contribution >= 4 is 23.9 Å². The number of ether oxygens (including phenoxy) is 1. The van der Waals surface area contributed by atoms with E-state index in [9.17, 15) is 9.59 Å². The van der Waals surface area contributed by atoms with Crippen LogP contribution in [0.2, 0.25) is 0 Å². The molecule has 0 bridgehead atoms. The van der Waals surface area contributed by atoms with E-state index in [2.05, 4.69) is 0 Å². The van der Waals surface area contributed by atoms with Gasteiger partial charge in [-0.2, -0.15) is 0 Å². The van der Waals surface area contributed by atoms with Crippen LogP contribution in [-0.2, 0) is 14.3 Å². The smallest absolute Gasteiger partial charge is 0.320 e. The molecule has 0 saturated heterocycles. The molecule has 3 heteroatoms. The third-order valence-corrected chi connectivity index (χ3v) is 4.56. The zero-order chi connectivity index (χ0) is 20.4. The summed E-state index contributed by atoms with van der Waals surface area (Å²) < 4.78 is 5.46. The minimum atomic E-state index is -1.22. The van der Waals surface area contributed by atoms with E-state index in [1.165, 1.54) is 6.92 Å². The second kappa shape index (κ2) is 10.4. The number of hydrogen-bond donors (Lipinski definition) is 0. The van der Waals surface area contributed by atoms with E-state index in [4.69, 9.17) is 4.74 Å². The number of esters is 1. The van der Waals surface area contributed by atoms with Gasteiger partial charge in [-0.15, -0.1) is 0 Å². The lowest BCUT2D eigenvalue weighted by molar-refractivity contribution is -0.163. The van der Waals surface area contributed by atoms with Crippen molar-refractivity contribution in [1.29, 1.82) is 0 Å². The monoisotopic (exact) mass is 376 g/mol. The van der Waals surface area contributed by atoms with Gasteiger partial charge in [-0.1, -0.05) is 85.0 Å². The molecule has 3 nitrogen and oxygen atoms in total. The third kappa shape index (κ3) is 6.05. The van der Waals surface area contributed by atoms with Crippen molar-refractivity contribution in [2.24, 2.45) is 5.41 Å². The second-order valence-electron chi connectivity index (χ2n) is 7.13. The quantitative estimate of drug-likeness (QED) is 0.415. The van der Waals surface area contributed by atoms with Gasteiger partial charge in [0.2, 0.25) is 0 Å². The normalized spacial score (nSPS) is 12.0. The van der Waals surface area contributed by atoms with Crippen molar-refractivity contribution in [3.8, 4) is 0 Å². The number of carbonyl (C=O) groups is 2. The topological polar surface area (TPSA) is 43.4 Å². The molecule has 0 amide bonds. The first-order chi connectivity index (χ1) is 13.4. The van der Waals surface area contributed by atoms with Gasteiger partial charge >= 0.3 is 5.97 Å². The molecule has 28 heavy (non-hydrogen) atoms. The molecule has 0 heterocycles. The molecule has 0 unspecified atom stereocenters. The Morgan fingerprint density at radius 1 is 0.857 bits per heavy atom. The average molecular weight is 376 g/mol. The van der Waals surface area contributed by atoms with Crippen LogP contribution in [0.4, 0.5) is 0 Å². The fourth-order valence-corrected chi connectivity index (χ4v) is 2.93. The number of hydrogen-bond acceptors (Lipinski definition) is 3. The van der Waals surface area contributed by atoms with Gasteiger partial charge in [-0.25, -0.2) is 0 Å². The Hall–Kier alpha value is -2.94. The highest BCUT2D eigenvalue weighted by molar-refractivity contribution is 6.03. The van der Waals surface area contributed by atoms with Crippen LogP contribution in [-0.4, -0.2) is 17.9 Å². The molecule has 146 valence electrons. The predicted octanol–water partition coefficient (Wildman–Crippen LogP) is 5.72. The first kappa shape index (κ1) is 21.4. The van der Waals surface area contributed by atoms with Crippen molar-refractivity contribution in [3.05, 3.63) is 83.9 Å². The number of carbonyl (C=O) groups excluding carboxylic acids is 2. The molecule has 2 aromatic rings. The minimum Gasteiger partial charge on any atom is -0.462 e. The Balaban J connectivity index is 2.26. The van der Waals surface area contributed by atoms with E-state index in [-0.39, 0.29) is 11.9 Å². The molecule has 0 radical (unpaired) electrons. The van der Waals surface area contributed by atoms with Crippen LogP contribution >= 0.6 is 0 Å².